The number of para-hydroxylation sites is 1. The fourth-order valence-corrected chi connectivity index (χ4v) is 4.51. The van der Waals surface area contributed by atoms with Crippen molar-refractivity contribution < 1.29 is 9.59 Å². The SMILES string of the molecule is CC(=O)Nc1ccc(NC(=O)c2ccc(-c3nc4ccccc4s3)s2)cc1. The highest BCUT2D eigenvalue weighted by molar-refractivity contribution is 7.26. The van der Waals surface area contributed by atoms with Crippen LogP contribution in [0.3, 0.4) is 0 Å². The first-order chi connectivity index (χ1) is 13.1. The lowest BCUT2D eigenvalue weighted by Gasteiger charge is -2.05. The van der Waals surface area contributed by atoms with Gasteiger partial charge in [0, 0.05) is 18.3 Å². The molecule has 4 aromatic rings. The van der Waals surface area contributed by atoms with Gasteiger partial charge in [-0.25, -0.2) is 4.98 Å². The van der Waals surface area contributed by atoms with Gasteiger partial charge in [0.25, 0.3) is 5.91 Å². The highest BCUT2D eigenvalue weighted by atomic mass is 32.1. The van der Waals surface area contributed by atoms with Gasteiger partial charge in [-0.1, -0.05) is 12.1 Å². The van der Waals surface area contributed by atoms with Crippen molar-refractivity contribution in [3.05, 3.63) is 65.5 Å². The normalized spacial score (nSPS) is 10.7. The fraction of sp³-hybridized carbons (Fsp3) is 0.0500. The van der Waals surface area contributed by atoms with Gasteiger partial charge < -0.3 is 10.6 Å². The van der Waals surface area contributed by atoms with Gasteiger partial charge in [0.2, 0.25) is 5.91 Å². The maximum Gasteiger partial charge on any atom is 0.265 e. The quantitative estimate of drug-likeness (QED) is 0.498. The van der Waals surface area contributed by atoms with E-state index in [1.54, 1.807) is 35.6 Å². The second kappa shape index (κ2) is 7.30. The highest BCUT2D eigenvalue weighted by Gasteiger charge is 2.13. The molecule has 0 aliphatic heterocycles. The van der Waals surface area contributed by atoms with Crippen LogP contribution in [0, 0.1) is 0 Å². The summed E-state index contributed by atoms with van der Waals surface area (Å²) in [6.07, 6.45) is 0. The number of carbonyl (C=O) groups excluding carboxylic acids is 2. The molecule has 0 fully saturated rings. The molecule has 2 aromatic heterocycles. The zero-order chi connectivity index (χ0) is 18.8. The Labute approximate surface area is 163 Å². The molecule has 2 heterocycles. The molecule has 0 aliphatic rings. The molecular weight excluding hydrogens is 378 g/mol. The number of benzene rings is 2. The summed E-state index contributed by atoms with van der Waals surface area (Å²) < 4.78 is 1.13. The van der Waals surface area contributed by atoms with E-state index in [1.165, 1.54) is 18.3 Å². The third-order valence-electron chi connectivity index (χ3n) is 3.80. The first-order valence-corrected chi connectivity index (χ1v) is 9.86. The molecule has 0 saturated heterocycles. The first kappa shape index (κ1) is 17.4. The maximum absolute atomic E-state index is 12.5. The van der Waals surface area contributed by atoms with Crippen LogP contribution < -0.4 is 10.6 Å². The van der Waals surface area contributed by atoms with Crippen LogP contribution in [-0.4, -0.2) is 16.8 Å². The number of anilines is 2. The summed E-state index contributed by atoms with van der Waals surface area (Å²) >= 11 is 3.04. The number of fused-ring (bicyclic) bond motifs is 1. The number of rotatable bonds is 4. The van der Waals surface area contributed by atoms with Gasteiger partial charge in [0.1, 0.15) is 5.01 Å². The second-order valence-electron chi connectivity index (χ2n) is 5.86. The average molecular weight is 393 g/mol. The minimum atomic E-state index is -0.167. The Morgan fingerprint density at radius 3 is 2.26 bits per heavy atom. The number of hydrogen-bond acceptors (Lipinski definition) is 5. The zero-order valence-corrected chi connectivity index (χ0v) is 16.0. The van der Waals surface area contributed by atoms with E-state index in [-0.39, 0.29) is 11.8 Å². The van der Waals surface area contributed by atoms with Gasteiger partial charge in [-0.2, -0.15) is 0 Å². The largest absolute Gasteiger partial charge is 0.326 e. The van der Waals surface area contributed by atoms with Crippen molar-refractivity contribution in [2.75, 3.05) is 10.6 Å². The summed E-state index contributed by atoms with van der Waals surface area (Å²) in [5, 5.41) is 6.48. The number of amides is 2. The molecule has 2 amide bonds. The second-order valence-corrected chi connectivity index (χ2v) is 7.98. The third-order valence-corrected chi connectivity index (χ3v) is 6.09. The molecule has 0 saturated carbocycles. The van der Waals surface area contributed by atoms with Gasteiger partial charge in [-0.3, -0.25) is 9.59 Å². The van der Waals surface area contributed by atoms with Gasteiger partial charge in [0.05, 0.1) is 20.0 Å². The Bertz CT molecular complexity index is 1100. The number of thiazole rings is 1. The van der Waals surface area contributed by atoms with Crippen molar-refractivity contribution in [2.24, 2.45) is 0 Å². The highest BCUT2D eigenvalue weighted by Crippen LogP contribution is 2.34. The van der Waals surface area contributed by atoms with Crippen LogP contribution in [0.2, 0.25) is 0 Å². The molecular formula is C20H15N3O2S2. The van der Waals surface area contributed by atoms with Gasteiger partial charge >= 0.3 is 0 Å². The van der Waals surface area contributed by atoms with E-state index in [1.807, 2.05) is 36.4 Å². The van der Waals surface area contributed by atoms with E-state index >= 15 is 0 Å². The molecule has 27 heavy (non-hydrogen) atoms. The van der Waals surface area contributed by atoms with E-state index in [0.29, 0.717) is 16.3 Å². The van der Waals surface area contributed by atoms with Crippen LogP contribution in [0.15, 0.2) is 60.7 Å². The van der Waals surface area contributed by atoms with Crippen LogP contribution >= 0.6 is 22.7 Å². The lowest BCUT2D eigenvalue weighted by atomic mass is 10.2. The number of aromatic nitrogens is 1. The molecule has 0 spiro atoms. The van der Waals surface area contributed by atoms with Crippen LogP contribution in [0.4, 0.5) is 11.4 Å². The minimum absolute atomic E-state index is 0.132. The topological polar surface area (TPSA) is 71.1 Å². The van der Waals surface area contributed by atoms with Gasteiger partial charge in [0.15, 0.2) is 0 Å². The van der Waals surface area contributed by atoms with Crippen molar-refractivity contribution >= 4 is 56.1 Å². The molecule has 7 heteroatoms. The van der Waals surface area contributed by atoms with E-state index in [2.05, 4.69) is 15.6 Å². The standard InChI is InChI=1S/C20H15N3O2S2/c1-12(24)21-13-6-8-14(9-7-13)22-19(25)17-10-11-18(26-17)20-23-15-4-2-3-5-16(15)27-20/h2-11H,1H3,(H,21,24)(H,22,25). The third kappa shape index (κ3) is 3.89. The Kier molecular flexibility index (Phi) is 4.70. The van der Waals surface area contributed by atoms with E-state index in [4.69, 9.17) is 0 Å². The number of nitrogens with zero attached hydrogens (tertiary/aromatic N) is 1. The monoisotopic (exact) mass is 393 g/mol. The molecule has 2 N–H and O–H groups in total. The molecule has 134 valence electrons. The molecule has 5 nitrogen and oxygen atoms in total. The molecule has 0 radical (unpaired) electrons. The smallest absolute Gasteiger partial charge is 0.265 e. The Balaban J connectivity index is 1.49. The molecule has 2 aromatic carbocycles. The van der Waals surface area contributed by atoms with Crippen LogP contribution in [0.5, 0.6) is 0 Å². The van der Waals surface area contributed by atoms with Crippen LogP contribution in [0.25, 0.3) is 20.1 Å². The lowest BCUT2D eigenvalue weighted by Crippen LogP contribution is -2.10. The van der Waals surface area contributed by atoms with Crippen molar-refractivity contribution in [1.29, 1.82) is 0 Å². The predicted octanol–water partition coefficient (Wildman–Crippen LogP) is 5.24. The summed E-state index contributed by atoms with van der Waals surface area (Å²) in [4.78, 5) is 29.8. The summed E-state index contributed by atoms with van der Waals surface area (Å²) in [6, 6.07) is 18.7. The van der Waals surface area contributed by atoms with Crippen molar-refractivity contribution in [2.45, 2.75) is 6.92 Å². The summed E-state index contributed by atoms with van der Waals surface area (Å²) in [6.45, 7) is 1.45. The molecule has 0 aliphatic carbocycles. The zero-order valence-electron chi connectivity index (χ0n) is 14.4. The first-order valence-electron chi connectivity index (χ1n) is 8.23. The maximum atomic E-state index is 12.5. The average Bonchev–Trinajstić information content (AvgIpc) is 3.29. The van der Waals surface area contributed by atoms with Crippen molar-refractivity contribution in [3.8, 4) is 9.88 Å². The minimum Gasteiger partial charge on any atom is -0.326 e. The van der Waals surface area contributed by atoms with E-state index in [0.717, 1.165) is 20.1 Å². The van der Waals surface area contributed by atoms with E-state index in [9.17, 15) is 9.59 Å². The van der Waals surface area contributed by atoms with Gasteiger partial charge in [-0.15, -0.1) is 22.7 Å². The van der Waals surface area contributed by atoms with Gasteiger partial charge in [-0.05, 0) is 48.5 Å². The Morgan fingerprint density at radius 2 is 1.56 bits per heavy atom. The predicted molar refractivity (Wildman–Crippen MR) is 112 cm³/mol. The fourth-order valence-electron chi connectivity index (χ4n) is 2.59. The van der Waals surface area contributed by atoms with E-state index < -0.39 is 0 Å². The number of thiophene rings is 1. The summed E-state index contributed by atoms with van der Waals surface area (Å²) in [5.74, 6) is -0.299. The molecule has 0 atom stereocenters. The summed E-state index contributed by atoms with van der Waals surface area (Å²) in [7, 11) is 0. The molecule has 4 rings (SSSR count). The summed E-state index contributed by atoms with van der Waals surface area (Å²) in [5.41, 5.74) is 2.33. The number of carbonyl (C=O) groups is 2. The number of nitrogens with one attached hydrogen (secondary N) is 2. The van der Waals surface area contributed by atoms with Crippen molar-refractivity contribution in [3.63, 3.8) is 0 Å². The Hall–Kier alpha value is -3.03. The van der Waals surface area contributed by atoms with Crippen LogP contribution in [-0.2, 0) is 4.79 Å². The molecule has 0 unspecified atom stereocenters. The van der Waals surface area contributed by atoms with Crippen LogP contribution in [0.1, 0.15) is 16.6 Å². The van der Waals surface area contributed by atoms with Crippen molar-refractivity contribution in [1.82, 2.24) is 4.98 Å². The Morgan fingerprint density at radius 1 is 0.852 bits per heavy atom. The lowest BCUT2D eigenvalue weighted by molar-refractivity contribution is -0.114. The number of hydrogen-bond donors (Lipinski definition) is 2. The molecule has 0 bridgehead atoms.